The van der Waals surface area contributed by atoms with Gasteiger partial charge in [-0.1, -0.05) is 12.1 Å². The van der Waals surface area contributed by atoms with E-state index < -0.39 is 29.1 Å². The van der Waals surface area contributed by atoms with E-state index in [1.165, 1.54) is 31.3 Å². The van der Waals surface area contributed by atoms with Gasteiger partial charge in [-0.2, -0.15) is 0 Å². The maximum atomic E-state index is 12.9. The predicted octanol–water partition coefficient (Wildman–Crippen LogP) is 0.634. The van der Waals surface area contributed by atoms with Gasteiger partial charge in [-0.25, -0.2) is 21.9 Å². The van der Waals surface area contributed by atoms with Crippen LogP contribution >= 0.6 is 0 Å². The van der Waals surface area contributed by atoms with Crippen LogP contribution in [0.2, 0.25) is 0 Å². The van der Waals surface area contributed by atoms with Gasteiger partial charge in [-0.15, -0.1) is 0 Å². The van der Waals surface area contributed by atoms with Gasteiger partial charge in [-0.3, -0.25) is 0 Å². The minimum Gasteiger partial charge on any atom is -0.390 e. The largest absolute Gasteiger partial charge is 0.390 e. The number of halogens is 2. The van der Waals surface area contributed by atoms with Crippen molar-refractivity contribution >= 4 is 15.7 Å². The molecule has 8 heteroatoms. The third kappa shape index (κ3) is 3.62. The fourth-order valence-electron chi connectivity index (χ4n) is 1.24. The van der Waals surface area contributed by atoms with Gasteiger partial charge >= 0.3 is 0 Å². The summed E-state index contributed by atoms with van der Waals surface area (Å²) in [4.78, 5) is -0.124. The van der Waals surface area contributed by atoms with Crippen molar-refractivity contribution in [3.05, 3.63) is 24.3 Å². The Bertz CT molecular complexity index is 506. The van der Waals surface area contributed by atoms with Crippen LogP contribution in [0.4, 0.5) is 14.5 Å². The standard InChI is InChI=1S/C10H14F2N2O3S/c1-13-18(16,17)9-5-3-2-4-8(9)14-6-10(11,12)7-15/h2-5,13-15H,6-7H2,1H3. The van der Waals surface area contributed by atoms with Gasteiger partial charge in [0.1, 0.15) is 11.5 Å². The van der Waals surface area contributed by atoms with E-state index in [9.17, 15) is 17.2 Å². The van der Waals surface area contributed by atoms with Crippen LogP contribution in [0.1, 0.15) is 0 Å². The molecule has 3 N–H and O–H groups in total. The van der Waals surface area contributed by atoms with Crippen LogP contribution in [-0.2, 0) is 10.0 Å². The van der Waals surface area contributed by atoms with E-state index in [1.807, 2.05) is 0 Å². The summed E-state index contributed by atoms with van der Waals surface area (Å²) in [6, 6.07) is 5.68. The first kappa shape index (κ1) is 14.8. The van der Waals surface area contributed by atoms with Crippen LogP contribution in [0.25, 0.3) is 0 Å². The lowest BCUT2D eigenvalue weighted by Gasteiger charge is -2.16. The maximum Gasteiger partial charge on any atom is 0.287 e. The summed E-state index contributed by atoms with van der Waals surface area (Å²) in [6.45, 7) is -2.15. The summed E-state index contributed by atoms with van der Waals surface area (Å²) in [6.07, 6.45) is 0. The van der Waals surface area contributed by atoms with Gasteiger partial charge in [0.2, 0.25) is 10.0 Å². The maximum absolute atomic E-state index is 12.9. The molecule has 0 aliphatic carbocycles. The molecular formula is C10H14F2N2O3S. The van der Waals surface area contributed by atoms with E-state index in [1.54, 1.807) is 0 Å². The molecule has 0 amide bonds. The van der Waals surface area contributed by atoms with Crippen molar-refractivity contribution in [2.75, 3.05) is 25.5 Å². The average molecular weight is 280 g/mol. The van der Waals surface area contributed by atoms with Crippen molar-refractivity contribution in [1.82, 2.24) is 4.72 Å². The molecule has 0 aliphatic rings. The highest BCUT2D eigenvalue weighted by atomic mass is 32.2. The van der Waals surface area contributed by atoms with Crippen LogP contribution < -0.4 is 10.0 Å². The van der Waals surface area contributed by atoms with Crippen molar-refractivity contribution in [2.45, 2.75) is 10.8 Å². The van der Waals surface area contributed by atoms with E-state index in [-0.39, 0.29) is 10.6 Å². The van der Waals surface area contributed by atoms with Crippen molar-refractivity contribution in [1.29, 1.82) is 0 Å². The first-order chi connectivity index (χ1) is 8.32. The average Bonchev–Trinajstić information content (AvgIpc) is 2.37. The lowest BCUT2D eigenvalue weighted by atomic mass is 10.3. The smallest absolute Gasteiger partial charge is 0.287 e. The molecule has 102 valence electrons. The second-order valence-corrected chi connectivity index (χ2v) is 5.43. The molecule has 18 heavy (non-hydrogen) atoms. The number of sulfonamides is 1. The van der Waals surface area contributed by atoms with Gasteiger partial charge in [0.05, 0.1) is 12.2 Å². The third-order valence-corrected chi connectivity index (χ3v) is 3.69. The fraction of sp³-hybridized carbons (Fsp3) is 0.400. The third-order valence-electron chi connectivity index (χ3n) is 2.21. The van der Waals surface area contributed by atoms with Crippen molar-refractivity contribution in [3.63, 3.8) is 0 Å². The van der Waals surface area contributed by atoms with Gasteiger partial charge in [0.25, 0.3) is 5.92 Å². The molecule has 0 spiro atoms. The number of aliphatic hydroxyl groups is 1. The summed E-state index contributed by atoms with van der Waals surface area (Å²) in [7, 11) is -2.49. The number of alkyl halides is 2. The Labute approximate surface area is 104 Å². The Morgan fingerprint density at radius 2 is 1.94 bits per heavy atom. The zero-order valence-corrected chi connectivity index (χ0v) is 10.5. The summed E-state index contributed by atoms with van der Waals surface area (Å²) < 4.78 is 51.1. The van der Waals surface area contributed by atoms with Crippen LogP contribution in [-0.4, -0.2) is 39.6 Å². The molecule has 1 rings (SSSR count). The molecule has 0 radical (unpaired) electrons. The minimum atomic E-state index is -3.72. The highest BCUT2D eigenvalue weighted by molar-refractivity contribution is 7.89. The Kier molecular flexibility index (Phi) is 4.60. The first-order valence-electron chi connectivity index (χ1n) is 5.07. The zero-order valence-electron chi connectivity index (χ0n) is 9.65. The lowest BCUT2D eigenvalue weighted by Crippen LogP contribution is -2.31. The molecule has 0 fully saturated rings. The highest BCUT2D eigenvalue weighted by Gasteiger charge is 2.28. The Morgan fingerprint density at radius 1 is 1.33 bits per heavy atom. The fourth-order valence-corrected chi connectivity index (χ4v) is 2.14. The SMILES string of the molecule is CNS(=O)(=O)c1ccccc1NCC(F)(F)CO. The molecule has 0 atom stereocenters. The molecule has 0 unspecified atom stereocenters. The molecule has 0 bridgehead atoms. The van der Waals surface area contributed by atoms with Gasteiger partial charge in [-0.05, 0) is 19.2 Å². The first-order valence-corrected chi connectivity index (χ1v) is 6.56. The second kappa shape index (κ2) is 5.59. The molecular weight excluding hydrogens is 266 g/mol. The van der Waals surface area contributed by atoms with E-state index >= 15 is 0 Å². The number of hydrogen-bond donors (Lipinski definition) is 3. The molecule has 1 aromatic rings. The molecule has 1 aromatic carbocycles. The monoisotopic (exact) mass is 280 g/mol. The number of anilines is 1. The summed E-state index contributed by atoms with van der Waals surface area (Å²) in [5.41, 5.74) is 0.0555. The minimum absolute atomic E-state index is 0.0555. The number of benzene rings is 1. The molecule has 0 aliphatic heterocycles. The van der Waals surface area contributed by atoms with Crippen molar-refractivity contribution in [2.24, 2.45) is 0 Å². The number of hydrogen-bond acceptors (Lipinski definition) is 4. The Balaban J connectivity index is 2.98. The topological polar surface area (TPSA) is 78.4 Å². The summed E-state index contributed by atoms with van der Waals surface area (Å²) in [5.74, 6) is -3.31. The summed E-state index contributed by atoms with van der Waals surface area (Å²) >= 11 is 0. The number of para-hydroxylation sites is 1. The van der Waals surface area contributed by atoms with E-state index in [0.29, 0.717) is 0 Å². The van der Waals surface area contributed by atoms with E-state index in [0.717, 1.165) is 0 Å². The number of aliphatic hydroxyl groups excluding tert-OH is 1. The molecule has 0 heterocycles. The van der Waals surface area contributed by atoms with Crippen LogP contribution in [0.3, 0.4) is 0 Å². The van der Waals surface area contributed by atoms with Gasteiger partial charge in [0.15, 0.2) is 0 Å². The van der Waals surface area contributed by atoms with Crippen LogP contribution in [0.5, 0.6) is 0 Å². The second-order valence-electron chi connectivity index (χ2n) is 3.57. The Morgan fingerprint density at radius 3 is 2.50 bits per heavy atom. The normalized spacial score (nSPS) is 12.4. The quantitative estimate of drug-likeness (QED) is 0.714. The molecule has 0 saturated heterocycles. The number of nitrogens with one attached hydrogen (secondary N) is 2. The predicted molar refractivity (Wildman–Crippen MR) is 63.2 cm³/mol. The van der Waals surface area contributed by atoms with E-state index in [4.69, 9.17) is 5.11 Å². The zero-order chi connectivity index (χ0) is 13.8. The van der Waals surface area contributed by atoms with Crippen LogP contribution in [0, 0.1) is 0 Å². The molecule has 0 saturated carbocycles. The van der Waals surface area contributed by atoms with Crippen molar-refractivity contribution < 1.29 is 22.3 Å². The summed E-state index contributed by atoms with van der Waals surface area (Å²) in [5, 5.41) is 10.7. The Hall–Kier alpha value is -1.25. The number of rotatable bonds is 6. The lowest BCUT2D eigenvalue weighted by molar-refractivity contribution is -0.0373. The van der Waals surface area contributed by atoms with E-state index in [2.05, 4.69) is 10.0 Å². The molecule has 0 aromatic heterocycles. The van der Waals surface area contributed by atoms with Gasteiger partial charge < -0.3 is 10.4 Å². The molecule has 5 nitrogen and oxygen atoms in total. The van der Waals surface area contributed by atoms with Crippen LogP contribution in [0.15, 0.2) is 29.2 Å². The van der Waals surface area contributed by atoms with Gasteiger partial charge in [0, 0.05) is 0 Å². The highest BCUT2D eigenvalue weighted by Crippen LogP contribution is 2.22. The van der Waals surface area contributed by atoms with Crippen molar-refractivity contribution in [3.8, 4) is 0 Å².